The largest absolute Gasteiger partial charge is 0.339 e. The van der Waals surface area contributed by atoms with Crippen molar-refractivity contribution in [2.24, 2.45) is 5.73 Å². The SMILES string of the molecule is NC1CCN(c2n[nH]c(-c3c(Cl)cccc3Cl)n2)CC1. The van der Waals surface area contributed by atoms with Crippen LogP contribution in [0.15, 0.2) is 18.2 Å². The summed E-state index contributed by atoms with van der Waals surface area (Å²) >= 11 is 12.4. The van der Waals surface area contributed by atoms with E-state index in [1.54, 1.807) is 18.2 Å². The van der Waals surface area contributed by atoms with E-state index in [9.17, 15) is 0 Å². The molecule has 7 heteroatoms. The molecular formula is C13H15Cl2N5. The van der Waals surface area contributed by atoms with E-state index < -0.39 is 0 Å². The van der Waals surface area contributed by atoms with Crippen LogP contribution in [-0.2, 0) is 0 Å². The molecule has 2 heterocycles. The van der Waals surface area contributed by atoms with Crippen molar-refractivity contribution in [1.29, 1.82) is 0 Å². The molecule has 0 bridgehead atoms. The van der Waals surface area contributed by atoms with Gasteiger partial charge in [0.2, 0.25) is 5.95 Å². The second-order valence-corrected chi connectivity index (χ2v) is 5.72. The molecule has 5 nitrogen and oxygen atoms in total. The molecule has 0 atom stereocenters. The summed E-state index contributed by atoms with van der Waals surface area (Å²) in [6.45, 7) is 1.74. The van der Waals surface area contributed by atoms with Crippen molar-refractivity contribution >= 4 is 29.2 Å². The number of H-pyrrole nitrogens is 1. The average Bonchev–Trinajstić information content (AvgIpc) is 2.89. The van der Waals surface area contributed by atoms with E-state index in [0.29, 0.717) is 27.4 Å². The smallest absolute Gasteiger partial charge is 0.245 e. The Morgan fingerprint density at radius 3 is 2.50 bits per heavy atom. The molecule has 0 spiro atoms. The Morgan fingerprint density at radius 1 is 1.20 bits per heavy atom. The van der Waals surface area contributed by atoms with Gasteiger partial charge in [-0.05, 0) is 25.0 Å². The molecule has 0 radical (unpaired) electrons. The number of benzene rings is 1. The number of piperidine rings is 1. The van der Waals surface area contributed by atoms with Gasteiger partial charge in [-0.25, -0.2) is 0 Å². The molecule has 1 aliphatic rings. The van der Waals surface area contributed by atoms with E-state index in [-0.39, 0.29) is 6.04 Å². The highest BCUT2D eigenvalue weighted by atomic mass is 35.5. The number of nitrogens with two attached hydrogens (primary N) is 1. The highest BCUT2D eigenvalue weighted by Gasteiger charge is 2.20. The van der Waals surface area contributed by atoms with Crippen molar-refractivity contribution in [2.75, 3.05) is 18.0 Å². The normalized spacial score (nSPS) is 16.6. The monoisotopic (exact) mass is 311 g/mol. The first kappa shape index (κ1) is 13.7. The lowest BCUT2D eigenvalue weighted by molar-refractivity contribution is 0.496. The minimum atomic E-state index is 0.280. The highest BCUT2D eigenvalue weighted by molar-refractivity contribution is 6.38. The zero-order valence-corrected chi connectivity index (χ0v) is 12.3. The Hall–Kier alpha value is -1.30. The Morgan fingerprint density at radius 2 is 1.85 bits per heavy atom. The minimum Gasteiger partial charge on any atom is -0.339 e. The molecule has 1 aliphatic heterocycles. The molecular weight excluding hydrogens is 297 g/mol. The van der Waals surface area contributed by atoms with Gasteiger partial charge in [-0.2, -0.15) is 4.98 Å². The van der Waals surface area contributed by atoms with Crippen LogP contribution in [0, 0.1) is 0 Å². The van der Waals surface area contributed by atoms with Gasteiger partial charge in [0, 0.05) is 19.1 Å². The second-order valence-electron chi connectivity index (χ2n) is 4.91. The number of hydrogen-bond acceptors (Lipinski definition) is 4. The van der Waals surface area contributed by atoms with Gasteiger partial charge in [0.25, 0.3) is 0 Å². The Kier molecular flexibility index (Phi) is 3.83. The third kappa shape index (κ3) is 2.61. The van der Waals surface area contributed by atoms with Crippen LogP contribution in [0.3, 0.4) is 0 Å². The summed E-state index contributed by atoms with van der Waals surface area (Å²) in [5.41, 5.74) is 6.58. The van der Waals surface area contributed by atoms with Crippen LogP contribution in [0.2, 0.25) is 10.0 Å². The predicted octanol–water partition coefficient (Wildman–Crippen LogP) is 2.71. The maximum atomic E-state index is 6.18. The molecule has 1 fully saturated rings. The predicted molar refractivity (Wildman–Crippen MR) is 81.3 cm³/mol. The molecule has 106 valence electrons. The molecule has 0 aliphatic carbocycles. The zero-order chi connectivity index (χ0) is 14.1. The molecule has 0 amide bonds. The number of aromatic amines is 1. The summed E-state index contributed by atoms with van der Waals surface area (Å²) in [4.78, 5) is 6.62. The lowest BCUT2D eigenvalue weighted by Gasteiger charge is -2.28. The third-order valence-corrected chi connectivity index (χ3v) is 4.13. The quantitative estimate of drug-likeness (QED) is 0.894. The van der Waals surface area contributed by atoms with Crippen LogP contribution < -0.4 is 10.6 Å². The number of aromatic nitrogens is 3. The van der Waals surface area contributed by atoms with E-state index in [2.05, 4.69) is 20.1 Å². The van der Waals surface area contributed by atoms with Crippen molar-refractivity contribution in [3.05, 3.63) is 28.2 Å². The van der Waals surface area contributed by atoms with Gasteiger partial charge < -0.3 is 10.6 Å². The van der Waals surface area contributed by atoms with Gasteiger partial charge in [-0.3, -0.25) is 5.10 Å². The molecule has 2 aromatic rings. The average molecular weight is 312 g/mol. The van der Waals surface area contributed by atoms with Crippen LogP contribution >= 0.6 is 23.2 Å². The summed E-state index contributed by atoms with van der Waals surface area (Å²) in [5.74, 6) is 1.26. The second kappa shape index (κ2) is 5.60. The summed E-state index contributed by atoms with van der Waals surface area (Å²) in [6, 6.07) is 5.65. The van der Waals surface area contributed by atoms with Crippen LogP contribution in [-0.4, -0.2) is 34.3 Å². The number of nitrogens with zero attached hydrogens (tertiary/aromatic N) is 3. The highest BCUT2D eigenvalue weighted by Crippen LogP contribution is 2.33. The number of halogens is 2. The maximum absolute atomic E-state index is 6.18. The zero-order valence-electron chi connectivity index (χ0n) is 10.8. The van der Waals surface area contributed by atoms with Crippen molar-refractivity contribution in [1.82, 2.24) is 15.2 Å². The molecule has 1 aromatic heterocycles. The lowest BCUT2D eigenvalue weighted by Crippen LogP contribution is -2.40. The van der Waals surface area contributed by atoms with E-state index in [0.717, 1.165) is 25.9 Å². The molecule has 3 N–H and O–H groups in total. The van der Waals surface area contributed by atoms with Gasteiger partial charge in [0.1, 0.15) is 0 Å². The molecule has 1 aromatic carbocycles. The van der Waals surface area contributed by atoms with E-state index in [1.165, 1.54) is 0 Å². The Balaban J connectivity index is 1.87. The number of rotatable bonds is 2. The molecule has 1 saturated heterocycles. The fourth-order valence-corrected chi connectivity index (χ4v) is 2.91. The van der Waals surface area contributed by atoms with Crippen LogP contribution in [0.4, 0.5) is 5.95 Å². The first-order valence-electron chi connectivity index (χ1n) is 6.52. The molecule has 0 saturated carbocycles. The van der Waals surface area contributed by atoms with Crippen molar-refractivity contribution in [3.8, 4) is 11.4 Å². The van der Waals surface area contributed by atoms with E-state index in [1.807, 2.05) is 0 Å². The van der Waals surface area contributed by atoms with E-state index >= 15 is 0 Å². The van der Waals surface area contributed by atoms with Crippen molar-refractivity contribution < 1.29 is 0 Å². The number of hydrogen-bond donors (Lipinski definition) is 2. The summed E-state index contributed by atoms with van der Waals surface area (Å²) in [7, 11) is 0. The van der Waals surface area contributed by atoms with E-state index in [4.69, 9.17) is 28.9 Å². The molecule has 20 heavy (non-hydrogen) atoms. The summed E-state index contributed by atoms with van der Waals surface area (Å²) in [5, 5.41) is 8.28. The van der Waals surface area contributed by atoms with Crippen LogP contribution in [0.1, 0.15) is 12.8 Å². The van der Waals surface area contributed by atoms with Crippen LogP contribution in [0.5, 0.6) is 0 Å². The topological polar surface area (TPSA) is 70.8 Å². The van der Waals surface area contributed by atoms with Crippen LogP contribution in [0.25, 0.3) is 11.4 Å². The molecule has 0 unspecified atom stereocenters. The lowest BCUT2D eigenvalue weighted by atomic mass is 10.1. The Bertz CT molecular complexity index is 584. The Labute approximate surface area is 127 Å². The standard InChI is InChI=1S/C13H15Cl2N5/c14-9-2-1-3-10(15)11(9)12-17-13(19-18-12)20-6-4-8(16)5-7-20/h1-3,8H,4-7,16H2,(H,17,18,19). The summed E-state index contributed by atoms with van der Waals surface area (Å²) < 4.78 is 0. The maximum Gasteiger partial charge on any atom is 0.245 e. The third-order valence-electron chi connectivity index (χ3n) is 3.50. The van der Waals surface area contributed by atoms with Gasteiger partial charge in [0.05, 0.1) is 15.6 Å². The number of anilines is 1. The first-order chi connectivity index (χ1) is 9.65. The van der Waals surface area contributed by atoms with Gasteiger partial charge in [0.15, 0.2) is 5.82 Å². The van der Waals surface area contributed by atoms with Gasteiger partial charge >= 0.3 is 0 Å². The first-order valence-corrected chi connectivity index (χ1v) is 7.28. The number of nitrogens with one attached hydrogen (secondary N) is 1. The summed E-state index contributed by atoms with van der Waals surface area (Å²) in [6.07, 6.45) is 1.91. The van der Waals surface area contributed by atoms with Gasteiger partial charge in [-0.1, -0.05) is 29.3 Å². The fourth-order valence-electron chi connectivity index (χ4n) is 2.33. The van der Waals surface area contributed by atoms with Crippen molar-refractivity contribution in [3.63, 3.8) is 0 Å². The fraction of sp³-hybridized carbons (Fsp3) is 0.385. The molecule has 3 rings (SSSR count). The minimum absolute atomic E-state index is 0.280. The van der Waals surface area contributed by atoms with Crippen molar-refractivity contribution in [2.45, 2.75) is 18.9 Å². The van der Waals surface area contributed by atoms with Gasteiger partial charge in [-0.15, -0.1) is 5.10 Å².